The summed E-state index contributed by atoms with van der Waals surface area (Å²) in [7, 11) is 0. The summed E-state index contributed by atoms with van der Waals surface area (Å²) in [4.78, 5) is 7.21. The molecule has 1 unspecified atom stereocenters. The van der Waals surface area contributed by atoms with E-state index in [1.165, 1.54) is 0 Å². The lowest BCUT2D eigenvalue weighted by molar-refractivity contribution is 0.303. The Hall–Kier alpha value is -1.81. The van der Waals surface area contributed by atoms with E-state index < -0.39 is 0 Å². The van der Waals surface area contributed by atoms with Crippen LogP contribution in [0.15, 0.2) is 36.7 Å². The molecule has 0 aliphatic heterocycles. The maximum absolute atomic E-state index is 6.13. The first-order valence-electron chi connectivity index (χ1n) is 5.84. The number of aromatic nitrogens is 2. The molecule has 4 heteroatoms. The van der Waals surface area contributed by atoms with Crippen LogP contribution in [0.25, 0.3) is 0 Å². The highest BCUT2D eigenvalue weighted by atomic mass is 16.5. The maximum Gasteiger partial charge on any atom is 0.127 e. The Morgan fingerprint density at radius 2 is 2.29 bits per heavy atom. The predicted octanol–water partition coefficient (Wildman–Crippen LogP) is 2.00. The molecular formula is C13H15N3O. The predicted molar refractivity (Wildman–Crippen MR) is 64.7 cm³/mol. The second-order valence-electron chi connectivity index (χ2n) is 4.34. The Balaban J connectivity index is 1.81. The molecule has 2 aromatic rings. The number of imidazole rings is 1. The van der Waals surface area contributed by atoms with Crippen molar-refractivity contribution in [3.05, 3.63) is 48.0 Å². The van der Waals surface area contributed by atoms with Crippen LogP contribution in [0.2, 0.25) is 0 Å². The van der Waals surface area contributed by atoms with E-state index in [9.17, 15) is 0 Å². The molecule has 1 aliphatic carbocycles. The number of aromatic amines is 1. The van der Waals surface area contributed by atoms with Gasteiger partial charge in [-0.2, -0.15) is 0 Å². The molecule has 1 heterocycles. The second kappa shape index (κ2) is 4.22. The van der Waals surface area contributed by atoms with E-state index in [0.29, 0.717) is 6.10 Å². The van der Waals surface area contributed by atoms with Crippen LogP contribution >= 0.6 is 0 Å². The molecule has 3 rings (SSSR count). The maximum atomic E-state index is 6.13. The number of benzene rings is 1. The summed E-state index contributed by atoms with van der Waals surface area (Å²) in [6.45, 7) is 0. The lowest BCUT2D eigenvalue weighted by atomic mass is 10.1. The number of H-pyrrole nitrogens is 1. The van der Waals surface area contributed by atoms with Crippen LogP contribution in [0.1, 0.15) is 30.3 Å². The number of rotatable bonds is 4. The van der Waals surface area contributed by atoms with Crippen LogP contribution in [0.4, 0.5) is 0 Å². The van der Waals surface area contributed by atoms with Crippen molar-refractivity contribution in [1.82, 2.24) is 9.97 Å². The Morgan fingerprint density at radius 1 is 1.41 bits per heavy atom. The first-order chi connectivity index (χ1) is 8.33. The van der Waals surface area contributed by atoms with Crippen LogP contribution < -0.4 is 10.5 Å². The van der Waals surface area contributed by atoms with Gasteiger partial charge in [-0.3, -0.25) is 0 Å². The van der Waals surface area contributed by atoms with Gasteiger partial charge in [0.25, 0.3) is 0 Å². The van der Waals surface area contributed by atoms with Crippen LogP contribution in [0.5, 0.6) is 5.75 Å². The third kappa shape index (κ3) is 2.31. The van der Waals surface area contributed by atoms with Gasteiger partial charge < -0.3 is 15.5 Å². The van der Waals surface area contributed by atoms with Crippen molar-refractivity contribution in [3.63, 3.8) is 0 Å². The quantitative estimate of drug-likeness (QED) is 0.842. The zero-order valence-corrected chi connectivity index (χ0v) is 9.47. The normalized spacial score (nSPS) is 16.8. The molecule has 0 radical (unpaired) electrons. The van der Waals surface area contributed by atoms with E-state index in [-0.39, 0.29) is 6.04 Å². The highest BCUT2D eigenvalue weighted by molar-refractivity contribution is 5.33. The fraction of sp³-hybridized carbons (Fsp3) is 0.308. The van der Waals surface area contributed by atoms with E-state index in [0.717, 1.165) is 30.0 Å². The van der Waals surface area contributed by atoms with Gasteiger partial charge in [-0.25, -0.2) is 4.98 Å². The highest BCUT2D eigenvalue weighted by Gasteiger charge is 2.23. The standard InChI is InChI=1S/C13H15N3O/c14-12(13-15-6-7-16-13)9-2-1-3-11(8-9)17-10-4-5-10/h1-3,6-8,10,12H,4-5,14H2,(H,15,16). The summed E-state index contributed by atoms with van der Waals surface area (Å²) in [5, 5.41) is 0. The van der Waals surface area contributed by atoms with Crippen molar-refractivity contribution in [2.45, 2.75) is 25.0 Å². The molecule has 1 aromatic heterocycles. The topological polar surface area (TPSA) is 63.9 Å². The van der Waals surface area contributed by atoms with Crippen molar-refractivity contribution in [2.75, 3.05) is 0 Å². The largest absolute Gasteiger partial charge is 0.490 e. The third-order valence-electron chi connectivity index (χ3n) is 2.86. The van der Waals surface area contributed by atoms with E-state index in [1.807, 2.05) is 24.3 Å². The number of hydrogen-bond donors (Lipinski definition) is 2. The minimum absolute atomic E-state index is 0.229. The van der Waals surface area contributed by atoms with Crippen molar-refractivity contribution >= 4 is 0 Å². The van der Waals surface area contributed by atoms with Crippen molar-refractivity contribution in [2.24, 2.45) is 5.73 Å². The van der Waals surface area contributed by atoms with E-state index >= 15 is 0 Å². The molecule has 1 atom stereocenters. The molecule has 88 valence electrons. The summed E-state index contributed by atoms with van der Waals surface area (Å²) in [5.74, 6) is 1.67. The number of nitrogens with two attached hydrogens (primary N) is 1. The Bertz CT molecular complexity index is 491. The molecule has 0 amide bonds. The van der Waals surface area contributed by atoms with Gasteiger partial charge in [-0.1, -0.05) is 12.1 Å². The molecule has 1 aliphatic rings. The minimum atomic E-state index is -0.229. The fourth-order valence-electron chi connectivity index (χ4n) is 1.77. The molecule has 0 bridgehead atoms. The molecule has 1 aromatic carbocycles. The summed E-state index contributed by atoms with van der Waals surface area (Å²) < 4.78 is 5.75. The Labute approximate surface area is 99.8 Å². The fourth-order valence-corrected chi connectivity index (χ4v) is 1.77. The van der Waals surface area contributed by atoms with Gasteiger partial charge in [0.15, 0.2) is 0 Å². The van der Waals surface area contributed by atoms with Gasteiger partial charge in [-0.15, -0.1) is 0 Å². The SMILES string of the molecule is NC(c1cccc(OC2CC2)c1)c1ncc[nH]1. The van der Waals surface area contributed by atoms with Crippen LogP contribution in [-0.4, -0.2) is 16.1 Å². The van der Waals surface area contributed by atoms with E-state index in [2.05, 4.69) is 9.97 Å². The highest BCUT2D eigenvalue weighted by Crippen LogP contribution is 2.28. The van der Waals surface area contributed by atoms with Gasteiger partial charge in [0, 0.05) is 12.4 Å². The van der Waals surface area contributed by atoms with E-state index in [4.69, 9.17) is 10.5 Å². The zero-order valence-electron chi connectivity index (χ0n) is 9.47. The lowest BCUT2D eigenvalue weighted by Crippen LogP contribution is -2.13. The lowest BCUT2D eigenvalue weighted by Gasteiger charge is -2.11. The van der Waals surface area contributed by atoms with Gasteiger partial charge in [-0.05, 0) is 30.5 Å². The van der Waals surface area contributed by atoms with Crippen molar-refractivity contribution < 1.29 is 4.74 Å². The zero-order chi connectivity index (χ0) is 11.7. The van der Waals surface area contributed by atoms with E-state index in [1.54, 1.807) is 12.4 Å². The molecular weight excluding hydrogens is 214 g/mol. The van der Waals surface area contributed by atoms with Gasteiger partial charge in [0.2, 0.25) is 0 Å². The average molecular weight is 229 g/mol. The number of nitrogens with zero attached hydrogens (tertiary/aromatic N) is 1. The number of ether oxygens (including phenoxy) is 1. The van der Waals surface area contributed by atoms with Crippen LogP contribution in [-0.2, 0) is 0 Å². The average Bonchev–Trinajstić information content (AvgIpc) is 2.99. The molecule has 4 nitrogen and oxygen atoms in total. The smallest absolute Gasteiger partial charge is 0.127 e. The summed E-state index contributed by atoms with van der Waals surface area (Å²) in [6, 6.07) is 7.69. The Kier molecular flexibility index (Phi) is 2.57. The molecule has 1 fully saturated rings. The molecule has 17 heavy (non-hydrogen) atoms. The molecule has 3 N–H and O–H groups in total. The Morgan fingerprint density at radius 3 is 3.00 bits per heavy atom. The number of nitrogens with one attached hydrogen (secondary N) is 1. The monoisotopic (exact) mass is 229 g/mol. The summed E-state index contributed by atoms with van der Waals surface area (Å²) >= 11 is 0. The summed E-state index contributed by atoms with van der Waals surface area (Å²) in [5.41, 5.74) is 7.14. The third-order valence-corrected chi connectivity index (χ3v) is 2.86. The minimum Gasteiger partial charge on any atom is -0.490 e. The van der Waals surface area contributed by atoms with Gasteiger partial charge in [0.05, 0.1) is 12.1 Å². The number of hydrogen-bond acceptors (Lipinski definition) is 3. The van der Waals surface area contributed by atoms with Gasteiger partial charge in [0.1, 0.15) is 11.6 Å². The summed E-state index contributed by atoms with van der Waals surface area (Å²) in [6.07, 6.45) is 6.22. The van der Waals surface area contributed by atoms with Gasteiger partial charge >= 0.3 is 0 Å². The molecule has 0 spiro atoms. The van der Waals surface area contributed by atoms with Crippen molar-refractivity contribution in [1.29, 1.82) is 0 Å². The molecule has 1 saturated carbocycles. The van der Waals surface area contributed by atoms with Crippen LogP contribution in [0, 0.1) is 0 Å². The van der Waals surface area contributed by atoms with Crippen molar-refractivity contribution in [3.8, 4) is 5.75 Å². The first kappa shape index (κ1) is 10.4. The second-order valence-corrected chi connectivity index (χ2v) is 4.34. The molecule has 0 saturated heterocycles. The van der Waals surface area contributed by atoms with Crippen LogP contribution in [0.3, 0.4) is 0 Å². The first-order valence-corrected chi connectivity index (χ1v) is 5.84.